The minimum atomic E-state index is -0.700. The molecule has 2 amide bonds. The van der Waals surface area contributed by atoms with Crippen LogP contribution in [0.5, 0.6) is 0 Å². The van der Waals surface area contributed by atoms with Crippen LogP contribution in [-0.4, -0.2) is 16.7 Å². The van der Waals surface area contributed by atoms with Gasteiger partial charge in [0.15, 0.2) is 0 Å². The van der Waals surface area contributed by atoms with Crippen LogP contribution in [0.4, 0.5) is 21.5 Å². The number of carbonyl (C=O) groups is 2. The lowest BCUT2D eigenvalue weighted by Gasteiger charge is -2.18. The van der Waals surface area contributed by atoms with Crippen LogP contribution in [-0.2, 0) is 4.79 Å². The molecule has 2 N–H and O–H groups in total. The van der Waals surface area contributed by atoms with Gasteiger partial charge in [-0.2, -0.15) is 0 Å². The van der Waals surface area contributed by atoms with Gasteiger partial charge in [0.1, 0.15) is 11.1 Å². The summed E-state index contributed by atoms with van der Waals surface area (Å²) in [6, 6.07) is 27.4. The van der Waals surface area contributed by atoms with E-state index in [1.165, 1.54) is 48.2 Å². The van der Waals surface area contributed by atoms with Gasteiger partial charge in [0.25, 0.3) is 11.6 Å². The van der Waals surface area contributed by atoms with E-state index in [-0.39, 0.29) is 16.9 Å². The number of nitro benzene ring substituents is 1. The quantitative estimate of drug-likeness (QED) is 0.164. The Kier molecular flexibility index (Phi) is 7.72. The number of non-ortho nitro benzene ring substituents is 1. The molecule has 0 aliphatic heterocycles. The van der Waals surface area contributed by atoms with E-state index in [2.05, 4.69) is 10.6 Å². The lowest BCUT2D eigenvalue weighted by Crippen LogP contribution is -2.19. The number of para-hydroxylation sites is 1. The molecular weight excluding hydrogens is 481 g/mol. The number of halogens is 1. The SMILES string of the molecule is O=C(Nc1cccc(SC(C(=O)Nc2ccccc2F)c2ccccc2)c1)c1cccc([N+](=O)[O-])c1. The molecule has 4 aromatic rings. The van der Waals surface area contributed by atoms with Crippen LogP contribution >= 0.6 is 11.8 Å². The van der Waals surface area contributed by atoms with Crippen molar-refractivity contribution in [2.24, 2.45) is 0 Å². The maximum absolute atomic E-state index is 14.1. The van der Waals surface area contributed by atoms with Crippen molar-refractivity contribution in [1.82, 2.24) is 0 Å². The second-order valence-corrected chi connectivity index (χ2v) is 8.85. The van der Waals surface area contributed by atoms with Gasteiger partial charge in [-0.15, -0.1) is 11.8 Å². The molecule has 7 nitrogen and oxygen atoms in total. The third-order valence-electron chi connectivity index (χ3n) is 5.14. The molecule has 4 aromatic carbocycles. The zero-order valence-corrected chi connectivity index (χ0v) is 19.6. The summed E-state index contributed by atoms with van der Waals surface area (Å²) >= 11 is 1.24. The smallest absolute Gasteiger partial charge is 0.270 e. The topological polar surface area (TPSA) is 101 Å². The van der Waals surface area contributed by atoms with Gasteiger partial charge in [-0.3, -0.25) is 19.7 Å². The molecule has 0 aliphatic rings. The zero-order valence-electron chi connectivity index (χ0n) is 18.8. The van der Waals surface area contributed by atoms with Crippen molar-refractivity contribution < 1.29 is 18.9 Å². The number of benzene rings is 4. The maximum atomic E-state index is 14.1. The summed E-state index contributed by atoms with van der Waals surface area (Å²) < 4.78 is 14.1. The number of hydrogen-bond donors (Lipinski definition) is 2. The number of hydrogen-bond acceptors (Lipinski definition) is 5. The van der Waals surface area contributed by atoms with Crippen molar-refractivity contribution in [2.75, 3.05) is 10.6 Å². The van der Waals surface area contributed by atoms with Gasteiger partial charge >= 0.3 is 0 Å². The second kappa shape index (κ2) is 11.3. The molecule has 4 rings (SSSR count). The molecule has 180 valence electrons. The molecule has 0 fully saturated rings. The second-order valence-electron chi connectivity index (χ2n) is 7.67. The predicted octanol–water partition coefficient (Wildman–Crippen LogP) is 6.46. The highest BCUT2D eigenvalue weighted by atomic mass is 32.2. The van der Waals surface area contributed by atoms with E-state index in [1.807, 2.05) is 30.3 Å². The van der Waals surface area contributed by atoms with E-state index < -0.39 is 27.8 Å². The first-order valence-corrected chi connectivity index (χ1v) is 11.7. The minimum absolute atomic E-state index is 0.0852. The van der Waals surface area contributed by atoms with E-state index in [1.54, 1.807) is 36.4 Å². The Labute approximate surface area is 210 Å². The van der Waals surface area contributed by atoms with Gasteiger partial charge in [-0.25, -0.2) is 4.39 Å². The van der Waals surface area contributed by atoms with E-state index in [0.717, 1.165) is 5.56 Å². The van der Waals surface area contributed by atoms with Crippen molar-refractivity contribution in [3.05, 3.63) is 130 Å². The Morgan fingerprint density at radius 2 is 1.56 bits per heavy atom. The average molecular weight is 502 g/mol. The molecule has 0 aromatic heterocycles. The third kappa shape index (κ3) is 6.13. The monoisotopic (exact) mass is 501 g/mol. The van der Waals surface area contributed by atoms with Crippen molar-refractivity contribution in [1.29, 1.82) is 0 Å². The van der Waals surface area contributed by atoms with Crippen LogP contribution < -0.4 is 10.6 Å². The largest absolute Gasteiger partial charge is 0.322 e. The van der Waals surface area contributed by atoms with Crippen LogP contribution in [0.2, 0.25) is 0 Å². The molecule has 1 atom stereocenters. The summed E-state index contributed by atoms with van der Waals surface area (Å²) in [6.45, 7) is 0. The van der Waals surface area contributed by atoms with Crippen molar-refractivity contribution in [2.45, 2.75) is 10.1 Å². The number of nitro groups is 1. The fourth-order valence-electron chi connectivity index (χ4n) is 3.41. The highest BCUT2D eigenvalue weighted by Crippen LogP contribution is 2.37. The van der Waals surface area contributed by atoms with Crippen molar-refractivity contribution in [3.63, 3.8) is 0 Å². The van der Waals surface area contributed by atoms with E-state index in [0.29, 0.717) is 10.6 Å². The number of nitrogens with one attached hydrogen (secondary N) is 2. The highest BCUT2D eigenvalue weighted by Gasteiger charge is 2.23. The molecule has 0 spiro atoms. The predicted molar refractivity (Wildman–Crippen MR) is 138 cm³/mol. The Morgan fingerprint density at radius 3 is 2.31 bits per heavy atom. The zero-order chi connectivity index (χ0) is 25.5. The van der Waals surface area contributed by atoms with E-state index in [4.69, 9.17) is 0 Å². The summed E-state index contributed by atoms with van der Waals surface area (Å²) in [5.41, 5.74) is 1.23. The van der Waals surface area contributed by atoms with Gasteiger partial charge < -0.3 is 10.6 Å². The first kappa shape index (κ1) is 24.6. The molecule has 0 saturated heterocycles. The van der Waals surface area contributed by atoms with Gasteiger partial charge in [-0.1, -0.05) is 54.6 Å². The summed E-state index contributed by atoms with van der Waals surface area (Å²) in [6.07, 6.45) is 0. The average Bonchev–Trinajstić information content (AvgIpc) is 2.89. The van der Waals surface area contributed by atoms with Gasteiger partial charge in [0, 0.05) is 28.3 Å². The summed E-state index contributed by atoms with van der Waals surface area (Å²) in [5.74, 6) is -1.44. The Balaban J connectivity index is 1.54. The van der Waals surface area contributed by atoms with Crippen LogP contribution in [0.25, 0.3) is 0 Å². The number of thioether (sulfide) groups is 1. The Morgan fingerprint density at radius 1 is 0.833 bits per heavy atom. The highest BCUT2D eigenvalue weighted by molar-refractivity contribution is 8.00. The molecule has 36 heavy (non-hydrogen) atoms. The minimum Gasteiger partial charge on any atom is -0.322 e. The van der Waals surface area contributed by atoms with Crippen LogP contribution in [0, 0.1) is 15.9 Å². The summed E-state index contributed by atoms with van der Waals surface area (Å²) in [5, 5.41) is 15.7. The molecule has 1 unspecified atom stereocenters. The lowest BCUT2D eigenvalue weighted by atomic mass is 10.1. The maximum Gasteiger partial charge on any atom is 0.270 e. The van der Waals surface area contributed by atoms with Crippen LogP contribution in [0.1, 0.15) is 21.2 Å². The molecule has 0 bridgehead atoms. The number of amides is 2. The van der Waals surface area contributed by atoms with Crippen LogP contribution in [0.3, 0.4) is 0 Å². The number of anilines is 2. The van der Waals surface area contributed by atoms with E-state index >= 15 is 0 Å². The molecule has 0 radical (unpaired) electrons. The van der Waals surface area contributed by atoms with Crippen molar-refractivity contribution >= 4 is 40.6 Å². The number of carbonyl (C=O) groups excluding carboxylic acids is 2. The van der Waals surface area contributed by atoms with Crippen LogP contribution in [0.15, 0.2) is 108 Å². The molecule has 9 heteroatoms. The molecule has 0 saturated carbocycles. The molecule has 0 heterocycles. The third-order valence-corrected chi connectivity index (χ3v) is 6.39. The normalized spacial score (nSPS) is 11.4. The summed E-state index contributed by atoms with van der Waals surface area (Å²) in [4.78, 5) is 37.0. The Hall–Kier alpha value is -4.50. The van der Waals surface area contributed by atoms with Gasteiger partial charge in [0.05, 0.1) is 10.6 Å². The number of nitrogens with zero attached hydrogens (tertiary/aromatic N) is 1. The molecule has 0 aliphatic carbocycles. The first-order chi connectivity index (χ1) is 17.4. The fraction of sp³-hybridized carbons (Fsp3) is 0.0370. The lowest BCUT2D eigenvalue weighted by molar-refractivity contribution is -0.384. The van der Waals surface area contributed by atoms with Crippen molar-refractivity contribution in [3.8, 4) is 0 Å². The van der Waals surface area contributed by atoms with Gasteiger partial charge in [0.2, 0.25) is 5.91 Å². The standard InChI is InChI=1S/C27H20FN3O4S/c28-23-14-4-5-15-24(23)30-27(33)25(18-8-2-1-3-9-18)36-22-13-7-11-20(17-22)29-26(32)19-10-6-12-21(16-19)31(34)35/h1-17,25H,(H,29,32)(H,30,33). The van der Waals surface area contributed by atoms with Gasteiger partial charge in [-0.05, 0) is 42.0 Å². The molecular formula is C27H20FN3O4S. The fourth-order valence-corrected chi connectivity index (χ4v) is 4.49. The number of rotatable bonds is 8. The summed E-state index contributed by atoms with van der Waals surface area (Å²) in [7, 11) is 0. The Bertz CT molecular complexity index is 1420. The van der Waals surface area contributed by atoms with E-state index in [9.17, 15) is 24.1 Å². The first-order valence-electron chi connectivity index (χ1n) is 10.8.